The first-order valence-corrected chi connectivity index (χ1v) is 17.3. The lowest BCUT2D eigenvalue weighted by Crippen LogP contribution is -2.52. The molecule has 0 aliphatic carbocycles. The maximum Gasteiger partial charge on any atom is 0.243 e. The third-order valence-electron chi connectivity index (χ3n) is 11.6. The predicted molar refractivity (Wildman–Crippen MR) is 215 cm³/mol. The zero-order chi connectivity index (χ0) is 31.8. The fourth-order valence-electron chi connectivity index (χ4n) is 9.53. The molecule has 0 aliphatic rings. The van der Waals surface area contributed by atoms with Crippen LogP contribution >= 0.6 is 0 Å². The maximum absolute atomic E-state index is 2.42. The summed E-state index contributed by atoms with van der Waals surface area (Å²) < 4.78 is 0. The van der Waals surface area contributed by atoms with Crippen LogP contribution < -0.4 is 16.4 Å². The fourth-order valence-corrected chi connectivity index (χ4v) is 9.53. The van der Waals surface area contributed by atoms with Gasteiger partial charge in [0.25, 0.3) is 0 Å². The molecule has 12 aromatic carbocycles. The summed E-state index contributed by atoms with van der Waals surface area (Å²) in [4.78, 5) is 0. The highest BCUT2D eigenvalue weighted by molar-refractivity contribution is 6.99. The van der Waals surface area contributed by atoms with Crippen LogP contribution in [-0.2, 0) is 0 Å². The van der Waals surface area contributed by atoms with Crippen molar-refractivity contribution in [2.24, 2.45) is 0 Å². The van der Waals surface area contributed by atoms with Gasteiger partial charge in [0, 0.05) is 0 Å². The molecule has 49 heavy (non-hydrogen) atoms. The van der Waals surface area contributed by atoms with Gasteiger partial charge >= 0.3 is 0 Å². The Balaban J connectivity index is 1.27. The summed E-state index contributed by atoms with van der Waals surface area (Å²) in [7, 11) is 0. The first-order chi connectivity index (χ1) is 24.3. The molecule has 0 spiro atoms. The van der Waals surface area contributed by atoms with E-state index >= 15 is 0 Å². The van der Waals surface area contributed by atoms with Crippen LogP contribution in [0.3, 0.4) is 0 Å². The molecule has 0 amide bonds. The highest BCUT2D eigenvalue weighted by atomic mass is 14.2. The number of hydrogen-bond donors (Lipinski definition) is 0. The molecule has 0 saturated heterocycles. The lowest BCUT2D eigenvalue weighted by atomic mass is 9.35. The molecule has 0 aromatic heterocycles. The van der Waals surface area contributed by atoms with Crippen LogP contribution in [0.15, 0.2) is 164 Å². The van der Waals surface area contributed by atoms with E-state index in [4.69, 9.17) is 0 Å². The summed E-state index contributed by atoms with van der Waals surface area (Å²) in [6, 6.07) is 62.3. The van der Waals surface area contributed by atoms with Crippen LogP contribution in [0, 0.1) is 0 Å². The van der Waals surface area contributed by atoms with E-state index in [0.717, 1.165) is 0 Å². The molecule has 0 fully saturated rings. The van der Waals surface area contributed by atoms with E-state index in [1.165, 1.54) is 113 Å². The van der Waals surface area contributed by atoms with E-state index < -0.39 is 0 Å². The largest absolute Gasteiger partial charge is 0.243 e. The fraction of sp³-hybridized carbons (Fsp3) is 0. The summed E-state index contributed by atoms with van der Waals surface area (Å²) in [5, 5.41) is 23.9. The van der Waals surface area contributed by atoms with Crippen molar-refractivity contribution in [1.29, 1.82) is 0 Å². The second kappa shape index (κ2) is 9.25. The van der Waals surface area contributed by atoms with Crippen molar-refractivity contribution in [2.45, 2.75) is 0 Å². The average molecular weight is 615 g/mol. The van der Waals surface area contributed by atoms with Crippen LogP contribution in [0.5, 0.6) is 0 Å². The lowest BCUT2D eigenvalue weighted by molar-refractivity contribution is 1.78. The Kier molecular flexibility index (Phi) is 4.88. The van der Waals surface area contributed by atoms with Crippen molar-refractivity contribution in [2.75, 3.05) is 0 Å². The van der Waals surface area contributed by atoms with Gasteiger partial charge in [0.1, 0.15) is 0 Å². The van der Waals surface area contributed by atoms with Gasteiger partial charge in [-0.25, -0.2) is 0 Å². The van der Waals surface area contributed by atoms with Crippen molar-refractivity contribution in [3.8, 4) is 0 Å². The summed E-state index contributed by atoms with van der Waals surface area (Å²) in [6.07, 6.45) is 0. The molecule has 222 valence electrons. The van der Waals surface area contributed by atoms with Gasteiger partial charge in [-0.15, -0.1) is 0 Å². The first-order valence-electron chi connectivity index (χ1n) is 17.3. The molecular formula is C48H27B. The molecular weight excluding hydrogens is 587 g/mol. The van der Waals surface area contributed by atoms with Gasteiger partial charge in [-0.2, -0.15) is 0 Å². The van der Waals surface area contributed by atoms with Crippen molar-refractivity contribution in [1.82, 2.24) is 0 Å². The second-order valence-corrected chi connectivity index (χ2v) is 14.0. The third-order valence-corrected chi connectivity index (χ3v) is 11.6. The smallest absolute Gasteiger partial charge is 0.0657 e. The Morgan fingerprint density at radius 2 is 0.429 bits per heavy atom. The van der Waals surface area contributed by atoms with Gasteiger partial charge < -0.3 is 0 Å². The summed E-state index contributed by atoms with van der Waals surface area (Å²) in [5.41, 5.74) is 4.07. The Morgan fingerprint density at radius 1 is 0.204 bits per heavy atom. The van der Waals surface area contributed by atoms with Gasteiger partial charge in [0.15, 0.2) is 0 Å². The SMILES string of the molecule is c1cc2ccc3ccc(B(c4ccc5ccc6cccc7ccc4c5c67)c4ccc5ccc6cccc7ccc4c5c67)c4ccc(c1)c2c34. The molecule has 0 N–H and O–H groups in total. The predicted octanol–water partition coefficient (Wildman–Crippen LogP) is 10.9. The normalized spacial score (nSPS) is 12.5. The molecule has 12 aromatic rings. The zero-order valence-corrected chi connectivity index (χ0v) is 26.7. The van der Waals surface area contributed by atoms with Gasteiger partial charge in [-0.3, -0.25) is 0 Å². The van der Waals surface area contributed by atoms with Crippen molar-refractivity contribution in [3.63, 3.8) is 0 Å². The van der Waals surface area contributed by atoms with Gasteiger partial charge in [0.05, 0.1) is 0 Å². The highest BCUT2D eigenvalue weighted by Crippen LogP contribution is 2.38. The monoisotopic (exact) mass is 614 g/mol. The van der Waals surface area contributed by atoms with Crippen LogP contribution in [0.25, 0.3) is 97.0 Å². The minimum absolute atomic E-state index is 0.0127. The van der Waals surface area contributed by atoms with E-state index in [0.29, 0.717) is 0 Å². The maximum atomic E-state index is 2.42. The summed E-state index contributed by atoms with van der Waals surface area (Å²) in [5.74, 6) is 0. The van der Waals surface area contributed by atoms with Crippen LogP contribution in [0.4, 0.5) is 0 Å². The molecule has 0 heterocycles. The van der Waals surface area contributed by atoms with Crippen molar-refractivity contribution >= 4 is 120 Å². The molecule has 0 aliphatic heterocycles. The Labute approximate surface area is 282 Å². The highest BCUT2D eigenvalue weighted by Gasteiger charge is 2.29. The van der Waals surface area contributed by atoms with E-state index in [9.17, 15) is 0 Å². The number of rotatable bonds is 3. The zero-order valence-electron chi connectivity index (χ0n) is 26.7. The molecule has 0 atom stereocenters. The average Bonchev–Trinajstić information content (AvgIpc) is 3.16. The molecule has 0 saturated carbocycles. The standard InChI is InChI=1S/C48H27B/c1-4-28-10-13-34-19-25-40(37-22-16-31(7-1)43(28)46(34)37)49(41-26-20-35-14-11-29-5-2-8-32-17-23-38(41)47(35)44(29)32)42-27-21-36-15-12-30-6-3-9-33-18-24-39(42)48(36)45(30)33/h1-27H. The lowest BCUT2D eigenvalue weighted by Gasteiger charge is -2.24. The summed E-state index contributed by atoms with van der Waals surface area (Å²) in [6.45, 7) is 0.0127. The minimum atomic E-state index is 0.0127. The van der Waals surface area contributed by atoms with Gasteiger partial charge in [-0.1, -0.05) is 180 Å². The second-order valence-electron chi connectivity index (χ2n) is 14.0. The van der Waals surface area contributed by atoms with E-state index in [1.54, 1.807) is 0 Å². The Hall–Kier alpha value is -6.18. The molecule has 1 heteroatoms. The molecule has 12 rings (SSSR count). The van der Waals surface area contributed by atoms with Gasteiger partial charge in [0.2, 0.25) is 6.71 Å². The first kappa shape index (κ1) is 25.9. The van der Waals surface area contributed by atoms with E-state index in [-0.39, 0.29) is 6.71 Å². The summed E-state index contributed by atoms with van der Waals surface area (Å²) >= 11 is 0. The molecule has 0 unspecified atom stereocenters. The van der Waals surface area contributed by atoms with Gasteiger partial charge in [-0.05, 0) is 97.0 Å². The minimum Gasteiger partial charge on any atom is -0.0657 e. The quantitative estimate of drug-likeness (QED) is 0.137. The van der Waals surface area contributed by atoms with E-state index in [2.05, 4.69) is 164 Å². The topological polar surface area (TPSA) is 0 Å². The number of hydrogen-bond acceptors (Lipinski definition) is 0. The van der Waals surface area contributed by atoms with Crippen LogP contribution in [0.2, 0.25) is 0 Å². The number of benzene rings is 12. The molecule has 0 bridgehead atoms. The van der Waals surface area contributed by atoms with Crippen molar-refractivity contribution in [3.05, 3.63) is 164 Å². The van der Waals surface area contributed by atoms with E-state index in [1.807, 2.05) is 0 Å². The molecule has 0 nitrogen and oxygen atoms in total. The van der Waals surface area contributed by atoms with Crippen molar-refractivity contribution < 1.29 is 0 Å². The Bertz CT molecular complexity index is 2880. The van der Waals surface area contributed by atoms with Crippen LogP contribution in [0.1, 0.15) is 0 Å². The van der Waals surface area contributed by atoms with Crippen LogP contribution in [-0.4, -0.2) is 6.71 Å². The molecule has 0 radical (unpaired) electrons. The third kappa shape index (κ3) is 3.34. The Morgan fingerprint density at radius 3 is 0.714 bits per heavy atom.